The van der Waals surface area contributed by atoms with Gasteiger partial charge in [0.1, 0.15) is 7.85 Å². The molecule has 3 aliphatic rings. The van der Waals surface area contributed by atoms with Crippen LogP contribution in [0.3, 0.4) is 0 Å². The van der Waals surface area contributed by atoms with Gasteiger partial charge < -0.3 is 15.3 Å². The largest absolute Gasteiger partial charge is 0.400 e. The molecule has 0 unspecified atom stereocenters. The second-order valence-corrected chi connectivity index (χ2v) is 7.59. The molecule has 1 aromatic carbocycles. The molecule has 1 aliphatic heterocycles. The predicted molar refractivity (Wildman–Crippen MR) is 111 cm³/mol. The zero-order chi connectivity index (χ0) is 20.2. The number of nitrogens with zero attached hydrogens (tertiary/aromatic N) is 1. The number of nitrogens with one attached hydrogen (secondary N) is 1. The SMILES string of the molecule is CC.CO.[B]c1ccc2c(c1)C1(CC1)CN(CC(=O)NC1CC(C)C1)C2=O.[HH]. The highest BCUT2D eigenvalue weighted by atomic mass is 16.2. The maximum Gasteiger partial charge on any atom is 0.254 e. The molecular formula is C21H33BN2O3. The molecule has 148 valence electrons. The van der Waals surface area contributed by atoms with Crippen LogP contribution in [0.5, 0.6) is 0 Å². The molecule has 6 heteroatoms. The summed E-state index contributed by atoms with van der Waals surface area (Å²) >= 11 is 0. The second-order valence-electron chi connectivity index (χ2n) is 7.59. The van der Waals surface area contributed by atoms with Crippen LogP contribution in [0, 0.1) is 5.92 Å². The molecule has 4 rings (SSSR count). The lowest BCUT2D eigenvalue weighted by Gasteiger charge is -2.36. The number of rotatable bonds is 3. The number of benzene rings is 1. The number of amides is 2. The first kappa shape index (κ1) is 21.5. The molecule has 1 aromatic rings. The highest BCUT2D eigenvalue weighted by Crippen LogP contribution is 2.52. The minimum Gasteiger partial charge on any atom is -0.400 e. The standard InChI is InChI=1S/C18H21BN2O2.C2H6.CH4O.H2/c1-11-6-13(7-11)20-16(22)9-21-10-18(4-5-18)15-8-12(19)2-3-14(15)17(21)23;2*1-2;/h2-3,8,11,13H,4-7,9-10H2,1H3,(H,20,22);1-2H3;2H,1H3;1H. The molecule has 2 fully saturated rings. The van der Waals surface area contributed by atoms with Gasteiger partial charge >= 0.3 is 0 Å². The molecule has 2 amide bonds. The molecule has 0 atom stereocenters. The summed E-state index contributed by atoms with van der Waals surface area (Å²) in [6, 6.07) is 5.81. The maximum atomic E-state index is 12.7. The third-order valence-corrected chi connectivity index (χ3v) is 5.55. The van der Waals surface area contributed by atoms with Gasteiger partial charge in [-0.1, -0.05) is 38.4 Å². The molecule has 27 heavy (non-hydrogen) atoms. The van der Waals surface area contributed by atoms with Gasteiger partial charge in [-0.25, -0.2) is 0 Å². The average Bonchev–Trinajstić information content (AvgIpc) is 3.42. The average molecular weight is 372 g/mol. The highest BCUT2D eigenvalue weighted by Gasteiger charge is 2.51. The Balaban J connectivity index is 0.000000739. The van der Waals surface area contributed by atoms with Gasteiger partial charge in [0.05, 0.1) is 6.54 Å². The van der Waals surface area contributed by atoms with Crippen molar-refractivity contribution in [2.24, 2.45) is 5.92 Å². The third kappa shape index (κ3) is 4.54. The van der Waals surface area contributed by atoms with E-state index in [1.54, 1.807) is 11.0 Å². The minimum absolute atomic E-state index is 0. The van der Waals surface area contributed by atoms with Crippen molar-refractivity contribution < 1.29 is 16.1 Å². The monoisotopic (exact) mass is 372 g/mol. The van der Waals surface area contributed by atoms with E-state index in [-0.39, 0.29) is 25.2 Å². The van der Waals surface area contributed by atoms with Crippen LogP contribution in [-0.2, 0) is 10.2 Å². The molecule has 0 aromatic heterocycles. The Morgan fingerprint density at radius 2 is 1.96 bits per heavy atom. The molecular weight excluding hydrogens is 339 g/mol. The van der Waals surface area contributed by atoms with Crippen LogP contribution in [0.1, 0.15) is 63.8 Å². The number of aliphatic hydroxyl groups excluding tert-OH is 1. The van der Waals surface area contributed by atoms with E-state index in [9.17, 15) is 9.59 Å². The fraction of sp³-hybridized carbons (Fsp3) is 0.619. The van der Waals surface area contributed by atoms with Crippen LogP contribution in [0.15, 0.2) is 18.2 Å². The predicted octanol–water partition coefficient (Wildman–Crippen LogP) is 1.76. The Hall–Kier alpha value is -1.82. The van der Waals surface area contributed by atoms with Crippen molar-refractivity contribution in [1.29, 1.82) is 0 Å². The Morgan fingerprint density at radius 3 is 2.52 bits per heavy atom. The number of carbonyl (C=O) groups excluding carboxylic acids is 2. The Morgan fingerprint density at radius 1 is 1.33 bits per heavy atom. The van der Waals surface area contributed by atoms with Crippen molar-refractivity contribution >= 4 is 25.1 Å². The summed E-state index contributed by atoms with van der Waals surface area (Å²) in [5, 5.41) is 10.0. The van der Waals surface area contributed by atoms with Crippen LogP contribution in [0.25, 0.3) is 0 Å². The molecule has 2 radical (unpaired) electrons. The summed E-state index contributed by atoms with van der Waals surface area (Å²) in [6.07, 6.45) is 4.22. The van der Waals surface area contributed by atoms with Crippen molar-refractivity contribution in [3.8, 4) is 0 Å². The van der Waals surface area contributed by atoms with Gasteiger partial charge in [-0.15, -0.1) is 0 Å². The van der Waals surface area contributed by atoms with Crippen LogP contribution in [0.4, 0.5) is 0 Å². The number of hydrogen-bond acceptors (Lipinski definition) is 3. The van der Waals surface area contributed by atoms with E-state index >= 15 is 0 Å². The first-order valence-electron chi connectivity index (χ1n) is 9.90. The lowest BCUT2D eigenvalue weighted by molar-refractivity contribution is -0.123. The molecule has 5 nitrogen and oxygen atoms in total. The lowest BCUT2D eigenvalue weighted by Crippen LogP contribution is -2.51. The molecule has 1 spiro atoms. The summed E-state index contributed by atoms with van der Waals surface area (Å²) in [7, 11) is 6.89. The molecule has 0 saturated heterocycles. The fourth-order valence-corrected chi connectivity index (χ4v) is 4.05. The Kier molecular flexibility index (Phi) is 7.09. The van der Waals surface area contributed by atoms with Gasteiger partial charge in [0, 0.05) is 32.1 Å². The smallest absolute Gasteiger partial charge is 0.254 e. The van der Waals surface area contributed by atoms with Crippen LogP contribution < -0.4 is 10.8 Å². The number of carbonyl (C=O) groups is 2. The summed E-state index contributed by atoms with van der Waals surface area (Å²) in [6.45, 7) is 6.99. The summed E-state index contributed by atoms with van der Waals surface area (Å²) in [4.78, 5) is 26.7. The lowest BCUT2D eigenvalue weighted by atomic mass is 9.81. The van der Waals surface area contributed by atoms with E-state index < -0.39 is 0 Å². The van der Waals surface area contributed by atoms with Gasteiger partial charge in [0.2, 0.25) is 5.91 Å². The first-order chi connectivity index (χ1) is 13.0. The Labute approximate surface area is 165 Å². The van der Waals surface area contributed by atoms with E-state index in [1.165, 1.54) is 0 Å². The summed E-state index contributed by atoms with van der Waals surface area (Å²) in [5.41, 5.74) is 2.53. The Bertz CT molecular complexity index is 688. The fourth-order valence-electron chi connectivity index (χ4n) is 4.05. The zero-order valence-corrected chi connectivity index (χ0v) is 16.9. The van der Waals surface area contributed by atoms with E-state index in [0.717, 1.165) is 38.4 Å². The van der Waals surface area contributed by atoms with Gasteiger partial charge in [0.25, 0.3) is 5.91 Å². The van der Waals surface area contributed by atoms with E-state index in [2.05, 4.69) is 12.2 Å². The highest BCUT2D eigenvalue weighted by molar-refractivity contribution is 6.32. The quantitative estimate of drug-likeness (QED) is 0.795. The third-order valence-electron chi connectivity index (χ3n) is 5.55. The maximum absolute atomic E-state index is 12.7. The summed E-state index contributed by atoms with van der Waals surface area (Å²) < 4.78 is 0. The van der Waals surface area contributed by atoms with E-state index in [4.69, 9.17) is 13.0 Å². The molecule has 1 heterocycles. The van der Waals surface area contributed by atoms with Crippen molar-refractivity contribution in [1.82, 2.24) is 10.2 Å². The molecule has 2 saturated carbocycles. The molecule has 2 aliphatic carbocycles. The number of hydrogen-bond donors (Lipinski definition) is 2. The second kappa shape index (κ2) is 8.92. The zero-order valence-electron chi connectivity index (χ0n) is 16.9. The first-order valence-corrected chi connectivity index (χ1v) is 9.90. The molecule has 0 bridgehead atoms. The van der Waals surface area contributed by atoms with Gasteiger partial charge in [-0.05, 0) is 43.2 Å². The number of aliphatic hydroxyl groups is 1. The minimum atomic E-state index is -0.0466. The van der Waals surface area contributed by atoms with Crippen molar-refractivity contribution in [2.75, 3.05) is 20.2 Å². The molecule has 2 N–H and O–H groups in total. The topological polar surface area (TPSA) is 69.6 Å². The van der Waals surface area contributed by atoms with Crippen molar-refractivity contribution in [3.05, 3.63) is 29.3 Å². The van der Waals surface area contributed by atoms with Crippen LogP contribution >= 0.6 is 0 Å². The van der Waals surface area contributed by atoms with Gasteiger partial charge in [-0.2, -0.15) is 0 Å². The normalized spacial score (nSPS) is 23.7. The van der Waals surface area contributed by atoms with Crippen molar-refractivity contribution in [3.63, 3.8) is 0 Å². The van der Waals surface area contributed by atoms with E-state index in [0.29, 0.717) is 29.5 Å². The van der Waals surface area contributed by atoms with Crippen LogP contribution in [0.2, 0.25) is 0 Å². The van der Waals surface area contributed by atoms with Crippen molar-refractivity contribution in [2.45, 2.75) is 57.9 Å². The van der Waals surface area contributed by atoms with Crippen LogP contribution in [-0.4, -0.2) is 55.9 Å². The van der Waals surface area contributed by atoms with Gasteiger partial charge in [0.15, 0.2) is 0 Å². The summed E-state index contributed by atoms with van der Waals surface area (Å²) in [5.74, 6) is 0.614. The van der Waals surface area contributed by atoms with Gasteiger partial charge in [-0.3, -0.25) is 9.59 Å². The number of fused-ring (bicyclic) bond motifs is 2. The van der Waals surface area contributed by atoms with E-state index in [1.807, 2.05) is 26.0 Å².